The summed E-state index contributed by atoms with van der Waals surface area (Å²) in [7, 11) is 0. The van der Waals surface area contributed by atoms with Crippen LogP contribution in [0.5, 0.6) is 5.75 Å². The van der Waals surface area contributed by atoms with E-state index in [1.54, 1.807) is 0 Å². The Hall–Kier alpha value is -2.29. The molecule has 0 fully saturated rings. The van der Waals surface area contributed by atoms with Crippen molar-refractivity contribution in [1.29, 1.82) is 0 Å². The van der Waals surface area contributed by atoms with Gasteiger partial charge in [0.05, 0.1) is 0 Å². The lowest BCUT2D eigenvalue weighted by Gasteiger charge is -2.10. The summed E-state index contributed by atoms with van der Waals surface area (Å²) in [5.74, 6) is 1.26. The highest BCUT2D eigenvalue weighted by atomic mass is 16.5. The van der Waals surface area contributed by atoms with E-state index in [0.29, 0.717) is 6.10 Å². The highest BCUT2D eigenvalue weighted by Crippen LogP contribution is 2.33. The highest BCUT2D eigenvalue weighted by Gasteiger charge is 2.24. The van der Waals surface area contributed by atoms with Gasteiger partial charge in [0.15, 0.2) is 0 Å². The van der Waals surface area contributed by atoms with Crippen LogP contribution in [0.4, 0.5) is 0 Å². The van der Waals surface area contributed by atoms with E-state index < -0.39 is 0 Å². The normalized spacial score (nSPS) is 15.3. The average molecular weight is 380 g/mol. The van der Waals surface area contributed by atoms with Gasteiger partial charge < -0.3 is 10.1 Å². The van der Waals surface area contributed by atoms with Crippen molar-refractivity contribution in [3.63, 3.8) is 0 Å². The highest BCUT2D eigenvalue weighted by molar-refractivity contribution is 5.77. The zero-order valence-electron chi connectivity index (χ0n) is 17.2. The molecule has 0 saturated carbocycles. The zero-order chi connectivity index (χ0) is 19.8. The number of hydrogen-bond donors (Lipinski definition) is 1. The van der Waals surface area contributed by atoms with Crippen LogP contribution in [0, 0.1) is 5.92 Å². The maximum absolute atomic E-state index is 11.7. The van der Waals surface area contributed by atoms with E-state index in [1.807, 2.05) is 13.8 Å². The summed E-state index contributed by atoms with van der Waals surface area (Å²) in [5, 5.41) is 3.01. The van der Waals surface area contributed by atoms with Crippen molar-refractivity contribution in [2.75, 3.05) is 6.54 Å². The van der Waals surface area contributed by atoms with Crippen molar-refractivity contribution in [1.82, 2.24) is 5.32 Å². The number of hydrogen-bond acceptors (Lipinski definition) is 2. The molecule has 3 rings (SSSR count). The lowest BCUT2D eigenvalue weighted by Crippen LogP contribution is -2.28. The second-order valence-electron chi connectivity index (χ2n) is 8.12. The van der Waals surface area contributed by atoms with Gasteiger partial charge in [-0.3, -0.25) is 4.79 Å². The third-order valence-corrected chi connectivity index (χ3v) is 5.49. The first-order valence-corrected chi connectivity index (χ1v) is 10.7. The molecule has 3 heteroatoms. The molecule has 1 N–H and O–H groups in total. The van der Waals surface area contributed by atoms with Gasteiger partial charge in [0.2, 0.25) is 5.91 Å². The second-order valence-corrected chi connectivity index (χ2v) is 8.12. The standard InChI is InChI=1S/C25H33NO2/c1-19(2)25(27)26-17-9-14-21-13-8-16-24-23(21)18-22(28-24)15-7-6-12-20-10-4-3-5-11-20/h3-5,8,10-11,13,16,19,22H,6-7,9,12,14-15,17-18H2,1-2H3,(H,26,27). The molecule has 1 aliphatic heterocycles. The van der Waals surface area contributed by atoms with E-state index >= 15 is 0 Å². The Bertz CT molecular complexity index is 754. The Morgan fingerprint density at radius 2 is 1.86 bits per heavy atom. The number of rotatable bonds is 10. The third kappa shape index (κ3) is 5.85. The quantitative estimate of drug-likeness (QED) is 0.583. The first-order valence-electron chi connectivity index (χ1n) is 10.7. The van der Waals surface area contributed by atoms with Crippen LogP contribution in [0.3, 0.4) is 0 Å². The molecule has 2 aromatic carbocycles. The molecule has 1 heterocycles. The van der Waals surface area contributed by atoms with Crippen LogP contribution in [0.2, 0.25) is 0 Å². The number of carbonyl (C=O) groups is 1. The fourth-order valence-electron chi connectivity index (χ4n) is 3.84. The lowest BCUT2D eigenvalue weighted by atomic mass is 9.97. The van der Waals surface area contributed by atoms with Crippen LogP contribution < -0.4 is 10.1 Å². The number of carbonyl (C=O) groups excluding carboxylic acids is 1. The van der Waals surface area contributed by atoms with Gasteiger partial charge in [-0.05, 0) is 55.7 Å². The number of benzene rings is 2. The van der Waals surface area contributed by atoms with Gasteiger partial charge in [-0.15, -0.1) is 0 Å². The minimum Gasteiger partial charge on any atom is -0.490 e. The van der Waals surface area contributed by atoms with E-state index in [-0.39, 0.29) is 11.8 Å². The minimum atomic E-state index is 0.0528. The van der Waals surface area contributed by atoms with Crippen molar-refractivity contribution >= 4 is 5.91 Å². The van der Waals surface area contributed by atoms with Gasteiger partial charge in [-0.25, -0.2) is 0 Å². The summed E-state index contributed by atoms with van der Waals surface area (Å²) < 4.78 is 6.21. The van der Waals surface area contributed by atoms with Crippen molar-refractivity contribution in [3.05, 3.63) is 65.2 Å². The number of aryl methyl sites for hydroxylation is 2. The van der Waals surface area contributed by atoms with E-state index in [9.17, 15) is 4.79 Å². The minimum absolute atomic E-state index is 0.0528. The first kappa shape index (κ1) is 20.4. The fraction of sp³-hybridized carbons (Fsp3) is 0.480. The van der Waals surface area contributed by atoms with E-state index in [4.69, 9.17) is 4.74 Å². The van der Waals surface area contributed by atoms with E-state index in [2.05, 4.69) is 53.8 Å². The van der Waals surface area contributed by atoms with Gasteiger partial charge in [-0.2, -0.15) is 0 Å². The molecule has 2 aromatic rings. The molecule has 1 aliphatic rings. The van der Waals surface area contributed by atoms with E-state index in [1.165, 1.54) is 29.5 Å². The Morgan fingerprint density at radius 1 is 1.04 bits per heavy atom. The smallest absolute Gasteiger partial charge is 0.222 e. The van der Waals surface area contributed by atoms with Gasteiger partial charge in [0, 0.05) is 24.4 Å². The molecule has 0 spiro atoms. The number of amides is 1. The molecule has 0 radical (unpaired) electrons. The summed E-state index contributed by atoms with van der Waals surface area (Å²) in [6, 6.07) is 17.1. The van der Waals surface area contributed by atoms with Crippen LogP contribution in [0.25, 0.3) is 0 Å². The summed E-state index contributed by atoms with van der Waals surface area (Å²) >= 11 is 0. The van der Waals surface area contributed by atoms with Crippen molar-refractivity contribution in [2.24, 2.45) is 5.92 Å². The van der Waals surface area contributed by atoms with Crippen molar-refractivity contribution < 1.29 is 9.53 Å². The van der Waals surface area contributed by atoms with Gasteiger partial charge in [0.1, 0.15) is 11.9 Å². The molecule has 1 unspecified atom stereocenters. The lowest BCUT2D eigenvalue weighted by molar-refractivity contribution is -0.123. The zero-order valence-corrected chi connectivity index (χ0v) is 17.2. The van der Waals surface area contributed by atoms with E-state index in [0.717, 1.165) is 44.4 Å². The predicted molar refractivity (Wildman–Crippen MR) is 115 cm³/mol. The maximum Gasteiger partial charge on any atom is 0.222 e. The molecule has 3 nitrogen and oxygen atoms in total. The molecular weight excluding hydrogens is 346 g/mol. The molecule has 150 valence electrons. The SMILES string of the molecule is CC(C)C(=O)NCCCc1cccc2c1CC(CCCCc1ccccc1)O2. The van der Waals surface area contributed by atoms with Gasteiger partial charge in [0.25, 0.3) is 0 Å². The fourth-order valence-corrected chi connectivity index (χ4v) is 3.84. The molecule has 1 amide bonds. The molecule has 0 bridgehead atoms. The van der Waals surface area contributed by atoms with Crippen LogP contribution in [0.1, 0.15) is 56.2 Å². The Labute approximate surface area is 169 Å². The number of unbranched alkanes of at least 4 members (excludes halogenated alkanes) is 1. The first-order chi connectivity index (χ1) is 13.6. The number of nitrogens with one attached hydrogen (secondary N) is 1. The summed E-state index contributed by atoms with van der Waals surface area (Å²) in [6.45, 7) is 4.60. The molecule has 1 atom stereocenters. The number of ether oxygens (including phenoxy) is 1. The summed E-state index contributed by atoms with van der Waals surface area (Å²) in [6.07, 6.45) is 7.97. The molecule has 0 saturated heterocycles. The average Bonchev–Trinajstić information content (AvgIpc) is 3.13. The molecule has 0 aliphatic carbocycles. The van der Waals surface area contributed by atoms with Crippen LogP contribution in [-0.4, -0.2) is 18.6 Å². The van der Waals surface area contributed by atoms with Gasteiger partial charge >= 0.3 is 0 Å². The van der Waals surface area contributed by atoms with Crippen molar-refractivity contribution in [3.8, 4) is 5.75 Å². The molecule has 0 aromatic heterocycles. The maximum atomic E-state index is 11.7. The van der Waals surface area contributed by atoms with Crippen molar-refractivity contribution in [2.45, 2.75) is 64.9 Å². The van der Waals surface area contributed by atoms with Gasteiger partial charge in [-0.1, -0.05) is 56.3 Å². The molecular formula is C25H33NO2. The Morgan fingerprint density at radius 3 is 2.64 bits per heavy atom. The predicted octanol–water partition coefficient (Wildman–Crippen LogP) is 5.11. The van der Waals surface area contributed by atoms with Crippen LogP contribution in [0.15, 0.2) is 48.5 Å². The summed E-state index contributed by atoms with van der Waals surface area (Å²) in [5.41, 5.74) is 4.18. The van der Waals surface area contributed by atoms with Crippen LogP contribution >= 0.6 is 0 Å². The second kappa shape index (κ2) is 10.3. The monoisotopic (exact) mass is 379 g/mol. The largest absolute Gasteiger partial charge is 0.490 e. The Balaban J connectivity index is 1.41. The van der Waals surface area contributed by atoms with Crippen LogP contribution in [-0.2, 0) is 24.1 Å². The third-order valence-electron chi connectivity index (χ3n) is 5.49. The summed E-state index contributed by atoms with van der Waals surface area (Å²) in [4.78, 5) is 11.7. The molecule has 28 heavy (non-hydrogen) atoms. The Kier molecular flexibility index (Phi) is 7.53. The number of fused-ring (bicyclic) bond motifs is 1. The topological polar surface area (TPSA) is 38.3 Å².